The Morgan fingerprint density at radius 3 is 2.63 bits per heavy atom. The van der Waals surface area contributed by atoms with Crippen LogP contribution in [0.25, 0.3) is 0 Å². The lowest BCUT2D eigenvalue weighted by Crippen LogP contribution is -2.29. The summed E-state index contributed by atoms with van der Waals surface area (Å²) in [6, 6.07) is 4.52. The summed E-state index contributed by atoms with van der Waals surface area (Å²) >= 11 is 5.84. The van der Waals surface area contributed by atoms with Crippen LogP contribution in [0.5, 0.6) is 5.75 Å². The second-order valence-electron chi connectivity index (χ2n) is 4.70. The monoisotopic (exact) mass is 293 g/mol. The van der Waals surface area contributed by atoms with E-state index >= 15 is 0 Å². The molecule has 1 atom stereocenters. The Hall–Kier alpha value is -1.07. The van der Waals surface area contributed by atoms with Crippen LogP contribution in [0.3, 0.4) is 0 Å². The Kier molecular flexibility index (Phi) is 5.82. The summed E-state index contributed by atoms with van der Waals surface area (Å²) in [5.74, 6) is -0.0531. The van der Waals surface area contributed by atoms with E-state index in [1.54, 1.807) is 6.07 Å². The lowest BCUT2D eigenvalue weighted by Gasteiger charge is -2.26. The van der Waals surface area contributed by atoms with E-state index in [4.69, 9.17) is 11.6 Å². The molecule has 0 radical (unpaired) electrons. The number of ether oxygens (including phenoxy) is 1. The molecule has 0 heterocycles. The van der Waals surface area contributed by atoms with Gasteiger partial charge < -0.3 is 15.2 Å². The van der Waals surface area contributed by atoms with Crippen molar-refractivity contribution in [2.24, 2.45) is 5.41 Å². The minimum absolute atomic E-state index is 0.0531. The largest absolute Gasteiger partial charge is 0.433 e. The maximum Gasteiger partial charge on any atom is 0.387 e. The number of anilines is 1. The van der Waals surface area contributed by atoms with Gasteiger partial charge in [0.05, 0.1) is 11.6 Å². The summed E-state index contributed by atoms with van der Waals surface area (Å²) in [5.41, 5.74) is 0.463. The SMILES string of the molecule is CCC(C)(CO)CNc1ccc(OC(F)F)c(Cl)c1. The summed E-state index contributed by atoms with van der Waals surface area (Å²) in [7, 11) is 0. The van der Waals surface area contributed by atoms with Gasteiger partial charge in [-0.25, -0.2) is 0 Å². The molecule has 0 saturated heterocycles. The van der Waals surface area contributed by atoms with Crippen molar-refractivity contribution in [2.45, 2.75) is 26.9 Å². The van der Waals surface area contributed by atoms with Gasteiger partial charge in [0.25, 0.3) is 0 Å². The van der Waals surface area contributed by atoms with Crippen LogP contribution in [0.4, 0.5) is 14.5 Å². The minimum Gasteiger partial charge on any atom is -0.433 e. The second-order valence-corrected chi connectivity index (χ2v) is 5.11. The zero-order chi connectivity index (χ0) is 14.5. The first-order valence-corrected chi connectivity index (χ1v) is 6.37. The third-order valence-electron chi connectivity index (χ3n) is 3.10. The molecule has 2 N–H and O–H groups in total. The average molecular weight is 294 g/mol. The highest BCUT2D eigenvalue weighted by Crippen LogP contribution is 2.29. The molecule has 1 aromatic carbocycles. The number of alkyl halides is 2. The van der Waals surface area contributed by atoms with E-state index in [1.807, 2.05) is 13.8 Å². The van der Waals surface area contributed by atoms with Gasteiger partial charge in [-0.3, -0.25) is 0 Å². The number of rotatable bonds is 7. The normalized spacial score (nSPS) is 14.3. The summed E-state index contributed by atoms with van der Waals surface area (Å²) in [6.07, 6.45) is 0.816. The average Bonchev–Trinajstić information content (AvgIpc) is 2.38. The van der Waals surface area contributed by atoms with Crippen LogP contribution in [-0.4, -0.2) is 24.9 Å². The van der Waals surface area contributed by atoms with E-state index in [2.05, 4.69) is 10.1 Å². The molecule has 0 saturated carbocycles. The van der Waals surface area contributed by atoms with Gasteiger partial charge in [-0.2, -0.15) is 8.78 Å². The van der Waals surface area contributed by atoms with Gasteiger partial charge in [-0.1, -0.05) is 25.4 Å². The fourth-order valence-corrected chi connectivity index (χ4v) is 1.64. The van der Waals surface area contributed by atoms with Gasteiger partial charge in [0.2, 0.25) is 0 Å². The summed E-state index contributed by atoms with van der Waals surface area (Å²) in [5, 5.41) is 12.5. The maximum absolute atomic E-state index is 12.1. The van der Waals surface area contributed by atoms with Crippen molar-refractivity contribution < 1.29 is 18.6 Å². The number of halogens is 3. The molecule has 0 aliphatic rings. The Morgan fingerprint density at radius 1 is 1.47 bits per heavy atom. The third kappa shape index (κ3) is 4.84. The van der Waals surface area contributed by atoms with Crippen molar-refractivity contribution in [3.63, 3.8) is 0 Å². The van der Waals surface area contributed by atoms with E-state index in [-0.39, 0.29) is 22.8 Å². The molecular formula is C13H18ClF2NO2. The lowest BCUT2D eigenvalue weighted by atomic mass is 9.88. The summed E-state index contributed by atoms with van der Waals surface area (Å²) < 4.78 is 28.4. The zero-order valence-electron chi connectivity index (χ0n) is 10.9. The van der Waals surface area contributed by atoms with Gasteiger partial charge in [0.1, 0.15) is 5.75 Å². The van der Waals surface area contributed by atoms with Crippen LogP contribution in [0.2, 0.25) is 5.02 Å². The van der Waals surface area contributed by atoms with Crippen LogP contribution in [0, 0.1) is 5.41 Å². The van der Waals surface area contributed by atoms with Gasteiger partial charge in [-0.15, -0.1) is 0 Å². The van der Waals surface area contributed by atoms with Crippen molar-refractivity contribution in [3.8, 4) is 5.75 Å². The van der Waals surface area contributed by atoms with Gasteiger partial charge in [-0.05, 0) is 24.6 Å². The highest BCUT2D eigenvalue weighted by atomic mass is 35.5. The lowest BCUT2D eigenvalue weighted by molar-refractivity contribution is -0.0497. The molecule has 0 spiro atoms. The number of nitrogens with one attached hydrogen (secondary N) is 1. The topological polar surface area (TPSA) is 41.5 Å². The molecule has 108 valence electrons. The Bertz CT molecular complexity index is 412. The Balaban J connectivity index is 2.68. The molecule has 1 rings (SSSR count). The summed E-state index contributed by atoms with van der Waals surface area (Å²) in [6.45, 7) is 1.68. The maximum atomic E-state index is 12.1. The van der Waals surface area contributed by atoms with Crippen molar-refractivity contribution in [1.82, 2.24) is 0 Å². The molecule has 1 aromatic rings. The molecular weight excluding hydrogens is 276 g/mol. The number of benzene rings is 1. The smallest absolute Gasteiger partial charge is 0.387 e. The summed E-state index contributed by atoms with van der Waals surface area (Å²) in [4.78, 5) is 0. The zero-order valence-corrected chi connectivity index (χ0v) is 11.7. The Morgan fingerprint density at radius 2 is 2.16 bits per heavy atom. The van der Waals surface area contributed by atoms with E-state index in [9.17, 15) is 13.9 Å². The standard InChI is InChI=1S/C13H18ClF2NO2/c1-3-13(2,8-18)7-17-9-4-5-11(10(14)6-9)19-12(15)16/h4-6,12,17-18H,3,7-8H2,1-2H3. The first-order valence-electron chi connectivity index (χ1n) is 5.99. The van der Waals surface area contributed by atoms with Gasteiger partial charge >= 0.3 is 6.61 Å². The Labute approximate surface area is 116 Å². The van der Waals surface area contributed by atoms with Crippen molar-refractivity contribution in [3.05, 3.63) is 23.2 Å². The van der Waals surface area contributed by atoms with Crippen LogP contribution < -0.4 is 10.1 Å². The number of aliphatic hydroxyl groups excluding tert-OH is 1. The fraction of sp³-hybridized carbons (Fsp3) is 0.538. The molecule has 1 unspecified atom stereocenters. The number of hydrogen-bond acceptors (Lipinski definition) is 3. The van der Waals surface area contributed by atoms with Crippen molar-refractivity contribution in [1.29, 1.82) is 0 Å². The third-order valence-corrected chi connectivity index (χ3v) is 3.40. The highest BCUT2D eigenvalue weighted by Gasteiger charge is 2.20. The van der Waals surface area contributed by atoms with Crippen LogP contribution >= 0.6 is 11.6 Å². The molecule has 0 fully saturated rings. The number of aliphatic hydroxyl groups is 1. The van der Waals surface area contributed by atoms with Crippen LogP contribution in [0.15, 0.2) is 18.2 Å². The van der Waals surface area contributed by atoms with Crippen LogP contribution in [0.1, 0.15) is 20.3 Å². The van der Waals surface area contributed by atoms with Crippen LogP contribution in [-0.2, 0) is 0 Å². The first-order chi connectivity index (χ1) is 8.90. The highest BCUT2D eigenvalue weighted by molar-refractivity contribution is 6.32. The van der Waals surface area contributed by atoms with Crippen molar-refractivity contribution in [2.75, 3.05) is 18.5 Å². The van der Waals surface area contributed by atoms with E-state index in [0.717, 1.165) is 6.42 Å². The second kappa shape index (κ2) is 6.91. The molecule has 0 aliphatic carbocycles. The number of hydrogen-bond donors (Lipinski definition) is 2. The fourth-order valence-electron chi connectivity index (χ4n) is 1.41. The molecule has 19 heavy (non-hydrogen) atoms. The van der Waals surface area contributed by atoms with E-state index in [1.165, 1.54) is 12.1 Å². The van der Waals surface area contributed by atoms with Gasteiger partial charge in [0.15, 0.2) is 0 Å². The molecule has 6 heteroatoms. The molecule has 0 bridgehead atoms. The van der Waals surface area contributed by atoms with E-state index in [0.29, 0.717) is 12.2 Å². The molecule has 3 nitrogen and oxygen atoms in total. The van der Waals surface area contributed by atoms with E-state index < -0.39 is 6.61 Å². The molecule has 0 aromatic heterocycles. The minimum atomic E-state index is -2.89. The quantitative estimate of drug-likeness (QED) is 0.804. The predicted octanol–water partition coefficient (Wildman–Crippen LogP) is 3.76. The molecule has 0 aliphatic heterocycles. The first kappa shape index (κ1) is 16.0. The van der Waals surface area contributed by atoms with Gasteiger partial charge in [0, 0.05) is 17.6 Å². The van der Waals surface area contributed by atoms with Crippen molar-refractivity contribution >= 4 is 17.3 Å². The predicted molar refractivity (Wildman–Crippen MR) is 72.1 cm³/mol. The molecule has 0 amide bonds.